The summed E-state index contributed by atoms with van der Waals surface area (Å²) in [4.78, 5) is 27.0. The molecule has 1 aliphatic rings. The molecule has 2 N–H and O–H groups in total. The van der Waals surface area contributed by atoms with Crippen LogP contribution in [0, 0.1) is 0 Å². The molecule has 1 aromatic carbocycles. The highest BCUT2D eigenvalue weighted by Crippen LogP contribution is 2.30. The summed E-state index contributed by atoms with van der Waals surface area (Å²) >= 11 is 0. The van der Waals surface area contributed by atoms with Crippen molar-refractivity contribution in [3.8, 4) is 16.9 Å². The summed E-state index contributed by atoms with van der Waals surface area (Å²) in [5.74, 6) is 0.988. The lowest BCUT2D eigenvalue weighted by Gasteiger charge is -2.33. The van der Waals surface area contributed by atoms with Gasteiger partial charge in [-0.15, -0.1) is 0 Å². The standard InChI is InChI=1S/C21H21N5O3/c22-19-10-15(6-7-24-19)17-11-23-14-25-21(17)18-12-26(8-9-28-18)20(27)13-29-16-4-2-1-3-5-16/h1-7,10-11,14,18H,8-9,12-13H2,(H2,22,24). The number of hydrogen-bond acceptors (Lipinski definition) is 7. The zero-order valence-corrected chi connectivity index (χ0v) is 15.8. The summed E-state index contributed by atoms with van der Waals surface area (Å²) in [5.41, 5.74) is 8.19. The Kier molecular flexibility index (Phi) is 5.62. The molecule has 29 heavy (non-hydrogen) atoms. The van der Waals surface area contributed by atoms with Gasteiger partial charge in [0.05, 0.1) is 18.8 Å². The van der Waals surface area contributed by atoms with E-state index in [2.05, 4.69) is 15.0 Å². The number of benzene rings is 1. The van der Waals surface area contributed by atoms with Gasteiger partial charge in [0.15, 0.2) is 6.61 Å². The first-order valence-electron chi connectivity index (χ1n) is 9.30. The maximum absolute atomic E-state index is 12.6. The topological polar surface area (TPSA) is 103 Å². The van der Waals surface area contributed by atoms with Gasteiger partial charge in [0.25, 0.3) is 5.91 Å². The van der Waals surface area contributed by atoms with Crippen LogP contribution in [0.5, 0.6) is 5.75 Å². The summed E-state index contributed by atoms with van der Waals surface area (Å²) in [6, 6.07) is 12.9. The van der Waals surface area contributed by atoms with E-state index in [0.29, 0.717) is 37.0 Å². The van der Waals surface area contributed by atoms with Gasteiger partial charge in [0.2, 0.25) is 0 Å². The minimum absolute atomic E-state index is 0.0196. The highest BCUT2D eigenvalue weighted by Gasteiger charge is 2.28. The van der Waals surface area contributed by atoms with Crippen LogP contribution < -0.4 is 10.5 Å². The number of carbonyl (C=O) groups is 1. The number of hydrogen-bond donors (Lipinski definition) is 1. The van der Waals surface area contributed by atoms with Gasteiger partial charge in [-0.25, -0.2) is 15.0 Å². The average Bonchev–Trinajstić information content (AvgIpc) is 2.78. The molecular weight excluding hydrogens is 370 g/mol. The normalized spacial score (nSPS) is 16.4. The summed E-state index contributed by atoms with van der Waals surface area (Å²) < 4.78 is 11.5. The molecule has 1 fully saturated rings. The van der Waals surface area contributed by atoms with Crippen LogP contribution >= 0.6 is 0 Å². The maximum atomic E-state index is 12.6. The molecule has 4 rings (SSSR count). The third kappa shape index (κ3) is 4.49. The molecule has 0 saturated carbocycles. The number of para-hydroxylation sites is 1. The van der Waals surface area contributed by atoms with E-state index in [1.165, 1.54) is 6.33 Å². The molecule has 1 aliphatic heterocycles. The van der Waals surface area contributed by atoms with E-state index >= 15 is 0 Å². The lowest BCUT2D eigenvalue weighted by Crippen LogP contribution is -2.44. The quantitative estimate of drug-likeness (QED) is 0.710. The Balaban J connectivity index is 1.48. The number of nitrogen functional groups attached to an aromatic ring is 1. The van der Waals surface area contributed by atoms with Crippen LogP contribution in [0.4, 0.5) is 5.82 Å². The van der Waals surface area contributed by atoms with Crippen molar-refractivity contribution >= 4 is 11.7 Å². The highest BCUT2D eigenvalue weighted by atomic mass is 16.5. The van der Waals surface area contributed by atoms with Crippen molar-refractivity contribution in [2.24, 2.45) is 0 Å². The van der Waals surface area contributed by atoms with Crippen molar-refractivity contribution in [3.05, 3.63) is 66.9 Å². The van der Waals surface area contributed by atoms with Crippen LogP contribution in [0.15, 0.2) is 61.2 Å². The first-order chi connectivity index (χ1) is 14.2. The molecule has 1 saturated heterocycles. The van der Waals surface area contributed by atoms with Gasteiger partial charge < -0.3 is 20.1 Å². The minimum Gasteiger partial charge on any atom is -0.484 e. The number of ether oxygens (including phenoxy) is 2. The number of amides is 1. The van der Waals surface area contributed by atoms with Crippen molar-refractivity contribution in [3.63, 3.8) is 0 Å². The largest absolute Gasteiger partial charge is 0.484 e. The molecule has 148 valence electrons. The second-order valence-corrected chi connectivity index (χ2v) is 6.59. The fraction of sp³-hybridized carbons (Fsp3) is 0.238. The SMILES string of the molecule is Nc1cc(-c2cncnc2C2CN(C(=O)COc3ccccc3)CCO2)ccn1. The minimum atomic E-state index is -0.364. The molecular formula is C21H21N5O3. The number of anilines is 1. The molecule has 8 heteroatoms. The van der Waals surface area contributed by atoms with Gasteiger partial charge in [-0.05, 0) is 29.8 Å². The molecule has 0 radical (unpaired) electrons. The third-order valence-electron chi connectivity index (χ3n) is 4.66. The number of aromatic nitrogens is 3. The van der Waals surface area contributed by atoms with Gasteiger partial charge in [-0.3, -0.25) is 4.79 Å². The Hall–Kier alpha value is -3.52. The fourth-order valence-electron chi connectivity index (χ4n) is 3.23. The second-order valence-electron chi connectivity index (χ2n) is 6.59. The molecule has 1 amide bonds. The van der Waals surface area contributed by atoms with Crippen molar-refractivity contribution in [1.29, 1.82) is 0 Å². The van der Waals surface area contributed by atoms with Gasteiger partial charge >= 0.3 is 0 Å². The van der Waals surface area contributed by atoms with Crippen molar-refractivity contribution in [2.75, 3.05) is 32.0 Å². The molecule has 1 atom stereocenters. The molecule has 1 unspecified atom stereocenters. The Morgan fingerprint density at radius 2 is 2.10 bits per heavy atom. The first kappa shape index (κ1) is 18.8. The van der Waals surface area contributed by atoms with Crippen molar-refractivity contribution in [1.82, 2.24) is 19.9 Å². The number of pyridine rings is 1. The van der Waals surface area contributed by atoms with E-state index in [1.54, 1.807) is 23.4 Å². The number of rotatable bonds is 5. The zero-order chi connectivity index (χ0) is 20.1. The predicted octanol–water partition coefficient (Wildman–Crippen LogP) is 2.10. The second kappa shape index (κ2) is 8.66. The summed E-state index contributed by atoms with van der Waals surface area (Å²) in [6.07, 6.45) is 4.47. The van der Waals surface area contributed by atoms with Crippen LogP contribution in [-0.2, 0) is 9.53 Å². The predicted molar refractivity (Wildman–Crippen MR) is 107 cm³/mol. The lowest BCUT2D eigenvalue weighted by atomic mass is 10.0. The molecule has 0 aliphatic carbocycles. The van der Waals surface area contributed by atoms with Gasteiger partial charge in [-0.2, -0.15) is 0 Å². The molecule has 3 aromatic rings. The molecule has 0 spiro atoms. The molecule has 3 heterocycles. The summed E-state index contributed by atoms with van der Waals surface area (Å²) in [6.45, 7) is 1.30. The Labute approximate surface area is 168 Å². The van der Waals surface area contributed by atoms with Crippen LogP contribution in [0.25, 0.3) is 11.1 Å². The lowest BCUT2D eigenvalue weighted by molar-refractivity contribution is -0.141. The molecule has 8 nitrogen and oxygen atoms in total. The molecule has 2 aromatic heterocycles. The summed E-state index contributed by atoms with van der Waals surface area (Å²) in [5, 5.41) is 0. The van der Waals surface area contributed by atoms with E-state index in [9.17, 15) is 4.79 Å². The van der Waals surface area contributed by atoms with E-state index in [4.69, 9.17) is 15.2 Å². The summed E-state index contributed by atoms with van der Waals surface area (Å²) in [7, 11) is 0. The van der Waals surface area contributed by atoms with Gasteiger partial charge in [0, 0.05) is 24.5 Å². The third-order valence-corrected chi connectivity index (χ3v) is 4.66. The maximum Gasteiger partial charge on any atom is 0.260 e. The van der Waals surface area contributed by atoms with Crippen molar-refractivity contribution < 1.29 is 14.3 Å². The number of morpholine rings is 1. The van der Waals surface area contributed by atoms with Gasteiger partial charge in [-0.1, -0.05) is 18.2 Å². The average molecular weight is 391 g/mol. The highest BCUT2D eigenvalue weighted by molar-refractivity contribution is 5.78. The number of carbonyl (C=O) groups excluding carboxylic acids is 1. The monoisotopic (exact) mass is 391 g/mol. The van der Waals surface area contributed by atoms with Gasteiger partial charge in [0.1, 0.15) is 24.0 Å². The number of nitrogens with zero attached hydrogens (tertiary/aromatic N) is 4. The van der Waals surface area contributed by atoms with E-state index in [1.807, 2.05) is 36.4 Å². The Morgan fingerprint density at radius 3 is 2.93 bits per heavy atom. The van der Waals surface area contributed by atoms with E-state index in [-0.39, 0.29) is 18.6 Å². The van der Waals surface area contributed by atoms with Crippen LogP contribution in [-0.4, -0.2) is 52.1 Å². The zero-order valence-electron chi connectivity index (χ0n) is 15.8. The van der Waals surface area contributed by atoms with Crippen LogP contribution in [0.1, 0.15) is 11.8 Å². The Bertz CT molecular complexity index is 983. The van der Waals surface area contributed by atoms with E-state index in [0.717, 1.165) is 11.1 Å². The van der Waals surface area contributed by atoms with Crippen LogP contribution in [0.3, 0.4) is 0 Å². The molecule has 0 bridgehead atoms. The smallest absolute Gasteiger partial charge is 0.260 e. The van der Waals surface area contributed by atoms with E-state index < -0.39 is 0 Å². The van der Waals surface area contributed by atoms with Crippen LogP contribution in [0.2, 0.25) is 0 Å². The first-order valence-corrected chi connectivity index (χ1v) is 9.30. The number of nitrogens with two attached hydrogens (primary N) is 1. The fourth-order valence-corrected chi connectivity index (χ4v) is 3.23. The van der Waals surface area contributed by atoms with Crippen molar-refractivity contribution in [2.45, 2.75) is 6.10 Å². The Morgan fingerprint density at radius 1 is 1.24 bits per heavy atom.